The van der Waals surface area contributed by atoms with Crippen LogP contribution in [0.1, 0.15) is 51.5 Å². The molecule has 6 heteroatoms. The number of hydrogen-bond donors (Lipinski definition) is 0. The molecule has 2 rings (SSSR count). The van der Waals surface area contributed by atoms with Gasteiger partial charge in [0.15, 0.2) is 0 Å². The Labute approximate surface area is 158 Å². The molecule has 0 aromatic carbocycles. The molecule has 2 heterocycles. The highest BCUT2D eigenvalue weighted by Gasteiger charge is 2.28. The van der Waals surface area contributed by atoms with Gasteiger partial charge in [-0.25, -0.2) is 4.79 Å². The largest absolute Gasteiger partial charge is 0.444 e. The molecule has 0 unspecified atom stereocenters. The first-order valence-electron chi connectivity index (χ1n) is 8.37. The number of nitrogens with zero attached hydrogens (tertiary/aromatic N) is 2. The zero-order chi connectivity index (χ0) is 18.6. The fourth-order valence-electron chi connectivity index (χ4n) is 2.48. The van der Waals surface area contributed by atoms with Crippen LogP contribution < -0.4 is 0 Å². The Morgan fingerprint density at radius 3 is 2.80 bits per heavy atom. The normalized spacial score (nSPS) is 18.5. The lowest BCUT2D eigenvalue weighted by Gasteiger charge is -2.24. The second-order valence-corrected chi connectivity index (χ2v) is 8.00. The van der Waals surface area contributed by atoms with E-state index in [9.17, 15) is 4.79 Å². The number of halogens is 1. The van der Waals surface area contributed by atoms with Crippen molar-refractivity contribution in [1.29, 1.82) is 0 Å². The lowest BCUT2D eigenvalue weighted by atomic mass is 10.1. The number of aromatic nitrogens is 1. The molecule has 0 radical (unpaired) electrons. The summed E-state index contributed by atoms with van der Waals surface area (Å²) in [6.07, 6.45) is 2.27. The fraction of sp³-hybridized carbons (Fsp3) is 0.579. The van der Waals surface area contributed by atoms with Crippen LogP contribution >= 0.6 is 15.9 Å². The molecule has 0 N–H and O–H groups in total. The molecule has 0 bridgehead atoms. The molecular weight excluding hydrogens is 384 g/mol. The third-order valence-electron chi connectivity index (χ3n) is 3.87. The van der Waals surface area contributed by atoms with Crippen molar-refractivity contribution in [1.82, 2.24) is 9.88 Å². The molecule has 136 valence electrons. The fourth-order valence-corrected chi connectivity index (χ4v) is 3.15. The molecule has 1 aromatic heterocycles. The van der Waals surface area contributed by atoms with E-state index in [0.717, 1.165) is 22.2 Å². The summed E-state index contributed by atoms with van der Waals surface area (Å²) in [7, 11) is 1.66. The van der Waals surface area contributed by atoms with E-state index in [1.54, 1.807) is 18.2 Å². The lowest BCUT2D eigenvalue weighted by molar-refractivity contribution is 0.0291. The van der Waals surface area contributed by atoms with E-state index in [4.69, 9.17) is 9.47 Å². The van der Waals surface area contributed by atoms with E-state index in [1.165, 1.54) is 0 Å². The minimum Gasteiger partial charge on any atom is -0.444 e. The summed E-state index contributed by atoms with van der Waals surface area (Å²) in [4.78, 5) is 18.2. The van der Waals surface area contributed by atoms with Crippen molar-refractivity contribution >= 4 is 22.0 Å². The van der Waals surface area contributed by atoms with Gasteiger partial charge in [-0.1, -0.05) is 11.8 Å². The van der Waals surface area contributed by atoms with Crippen LogP contribution in [0.25, 0.3) is 0 Å². The summed E-state index contributed by atoms with van der Waals surface area (Å²) < 4.78 is 11.6. The number of pyridine rings is 1. The van der Waals surface area contributed by atoms with Gasteiger partial charge < -0.3 is 14.4 Å². The van der Waals surface area contributed by atoms with Crippen LogP contribution in [0.3, 0.4) is 0 Å². The van der Waals surface area contributed by atoms with Crippen LogP contribution in [0, 0.1) is 17.8 Å². The SMILES string of the molecule is CO[C@@H](C)c1ncc(C#C[C@@H]2CCN(C(=O)OC(C)(C)C)C2)cc1Br. The summed E-state index contributed by atoms with van der Waals surface area (Å²) in [5.74, 6) is 6.56. The Morgan fingerprint density at radius 2 is 2.20 bits per heavy atom. The first-order chi connectivity index (χ1) is 11.7. The molecule has 0 spiro atoms. The first kappa shape index (κ1) is 19.7. The van der Waals surface area contributed by atoms with Gasteiger partial charge in [-0.2, -0.15) is 0 Å². The maximum atomic E-state index is 12.1. The van der Waals surface area contributed by atoms with Crippen molar-refractivity contribution in [2.24, 2.45) is 5.92 Å². The molecule has 1 aliphatic heterocycles. The Bertz CT molecular complexity index is 688. The minimum absolute atomic E-state index is 0.0754. The third kappa shape index (κ3) is 5.72. The molecule has 0 saturated carbocycles. The second-order valence-electron chi connectivity index (χ2n) is 7.15. The second kappa shape index (κ2) is 8.20. The van der Waals surface area contributed by atoms with Gasteiger partial charge in [0.05, 0.1) is 11.8 Å². The molecule has 2 atom stereocenters. The minimum atomic E-state index is -0.472. The summed E-state index contributed by atoms with van der Waals surface area (Å²) in [5, 5.41) is 0. The van der Waals surface area contributed by atoms with E-state index < -0.39 is 5.60 Å². The van der Waals surface area contributed by atoms with Gasteiger partial charge in [-0.3, -0.25) is 4.98 Å². The van der Waals surface area contributed by atoms with E-state index in [1.807, 2.05) is 33.8 Å². The van der Waals surface area contributed by atoms with Gasteiger partial charge in [-0.05, 0) is 56.1 Å². The number of carbonyl (C=O) groups is 1. The van der Waals surface area contributed by atoms with Crippen LogP contribution in [-0.4, -0.2) is 41.8 Å². The number of carbonyl (C=O) groups excluding carboxylic acids is 1. The van der Waals surface area contributed by atoms with Gasteiger partial charge >= 0.3 is 6.09 Å². The topological polar surface area (TPSA) is 51.7 Å². The number of likely N-dealkylation sites (tertiary alicyclic amines) is 1. The molecule has 25 heavy (non-hydrogen) atoms. The number of hydrogen-bond acceptors (Lipinski definition) is 4. The highest BCUT2D eigenvalue weighted by atomic mass is 79.9. The van der Waals surface area contributed by atoms with Gasteiger partial charge in [-0.15, -0.1) is 0 Å². The first-order valence-corrected chi connectivity index (χ1v) is 9.16. The molecule has 1 saturated heterocycles. The number of amides is 1. The summed E-state index contributed by atoms with van der Waals surface area (Å²) in [5.41, 5.74) is 1.22. The van der Waals surface area contributed by atoms with Crippen molar-refractivity contribution in [3.63, 3.8) is 0 Å². The van der Waals surface area contributed by atoms with Crippen LogP contribution in [0.4, 0.5) is 4.79 Å². The molecule has 1 amide bonds. The van der Waals surface area contributed by atoms with Crippen molar-refractivity contribution in [3.8, 4) is 11.8 Å². The van der Waals surface area contributed by atoms with Gasteiger partial charge in [0.1, 0.15) is 5.60 Å². The Hall–Kier alpha value is -1.58. The van der Waals surface area contributed by atoms with Crippen molar-refractivity contribution in [3.05, 3.63) is 28.0 Å². The average molecular weight is 409 g/mol. The van der Waals surface area contributed by atoms with Gasteiger partial charge in [0.2, 0.25) is 0 Å². The van der Waals surface area contributed by atoms with Gasteiger partial charge in [0, 0.05) is 42.4 Å². The molecule has 1 aromatic rings. The lowest BCUT2D eigenvalue weighted by Crippen LogP contribution is -2.35. The molecule has 5 nitrogen and oxygen atoms in total. The standard InChI is InChI=1S/C19H25BrN2O3/c1-13(24-5)17-16(20)10-15(11-21-17)7-6-14-8-9-22(12-14)18(23)25-19(2,3)4/h10-11,13-14H,8-9,12H2,1-5H3/t13-,14+/m0/s1. The van der Waals surface area contributed by atoms with Crippen molar-refractivity contribution < 1.29 is 14.3 Å². The predicted octanol–water partition coefficient (Wildman–Crippen LogP) is 4.16. The van der Waals surface area contributed by atoms with E-state index in [0.29, 0.717) is 13.1 Å². The molecule has 1 fully saturated rings. The van der Waals surface area contributed by atoms with Crippen LogP contribution in [0.15, 0.2) is 16.7 Å². The van der Waals surface area contributed by atoms with E-state index in [-0.39, 0.29) is 18.1 Å². The van der Waals surface area contributed by atoms with E-state index in [2.05, 4.69) is 32.8 Å². The van der Waals surface area contributed by atoms with Crippen LogP contribution in [-0.2, 0) is 9.47 Å². The Morgan fingerprint density at radius 1 is 1.48 bits per heavy atom. The summed E-state index contributed by atoms with van der Waals surface area (Å²) >= 11 is 3.52. The molecule has 1 aliphatic rings. The zero-order valence-electron chi connectivity index (χ0n) is 15.4. The maximum absolute atomic E-state index is 12.1. The molecule has 0 aliphatic carbocycles. The highest BCUT2D eigenvalue weighted by Crippen LogP contribution is 2.24. The zero-order valence-corrected chi connectivity index (χ0v) is 17.0. The molecular formula is C19H25BrN2O3. The van der Waals surface area contributed by atoms with Crippen molar-refractivity contribution in [2.45, 2.75) is 45.8 Å². The monoisotopic (exact) mass is 408 g/mol. The van der Waals surface area contributed by atoms with Crippen LogP contribution in [0.5, 0.6) is 0 Å². The predicted molar refractivity (Wildman–Crippen MR) is 100 cm³/mol. The summed E-state index contributed by atoms with van der Waals surface area (Å²) in [6.45, 7) is 8.85. The number of rotatable bonds is 2. The Balaban J connectivity index is 1.98. The quantitative estimate of drug-likeness (QED) is 0.689. The van der Waals surface area contributed by atoms with E-state index >= 15 is 0 Å². The third-order valence-corrected chi connectivity index (χ3v) is 4.50. The maximum Gasteiger partial charge on any atom is 0.410 e. The highest BCUT2D eigenvalue weighted by molar-refractivity contribution is 9.10. The number of ether oxygens (including phenoxy) is 2. The smallest absolute Gasteiger partial charge is 0.410 e. The van der Waals surface area contributed by atoms with Crippen molar-refractivity contribution in [2.75, 3.05) is 20.2 Å². The number of methoxy groups -OCH3 is 1. The van der Waals surface area contributed by atoms with Gasteiger partial charge in [0.25, 0.3) is 0 Å². The average Bonchev–Trinajstić information content (AvgIpc) is 3.00. The summed E-state index contributed by atoms with van der Waals surface area (Å²) in [6, 6.07) is 1.95. The van der Waals surface area contributed by atoms with Crippen LogP contribution in [0.2, 0.25) is 0 Å². The Kier molecular flexibility index (Phi) is 6.47.